The van der Waals surface area contributed by atoms with Crippen molar-refractivity contribution >= 4 is 11.7 Å². The van der Waals surface area contributed by atoms with Gasteiger partial charge in [0.15, 0.2) is 0 Å². The van der Waals surface area contributed by atoms with Crippen molar-refractivity contribution in [1.29, 1.82) is 0 Å². The zero-order valence-electron chi connectivity index (χ0n) is 11.2. The number of carbonyl (C=O) groups is 1. The number of hydrogen-bond donors (Lipinski definition) is 1. The summed E-state index contributed by atoms with van der Waals surface area (Å²) in [6.45, 7) is 0. The second-order valence-electron chi connectivity index (χ2n) is 4.97. The Morgan fingerprint density at radius 1 is 1.37 bits per heavy atom. The van der Waals surface area contributed by atoms with E-state index >= 15 is 0 Å². The molecule has 0 bridgehead atoms. The zero-order chi connectivity index (χ0) is 13.7. The van der Waals surface area contributed by atoms with Crippen molar-refractivity contribution in [3.63, 3.8) is 0 Å². The van der Waals surface area contributed by atoms with Crippen LogP contribution in [0, 0.1) is 5.92 Å². The maximum Gasteiger partial charge on any atom is 0.305 e. The Morgan fingerprint density at radius 3 is 2.68 bits per heavy atom. The Hall–Kier alpha value is -1.78. The first-order chi connectivity index (χ1) is 9.17. The third-order valence-corrected chi connectivity index (χ3v) is 3.52. The maximum absolute atomic E-state index is 11.2. The highest BCUT2D eigenvalue weighted by molar-refractivity contribution is 5.69. The number of carbonyl (C=O) groups excluding carboxylic acids is 1. The van der Waals surface area contributed by atoms with Gasteiger partial charge in [-0.3, -0.25) is 4.79 Å². The predicted octanol–water partition coefficient (Wildman–Crippen LogP) is 2.16. The Kier molecular flexibility index (Phi) is 4.60. The van der Waals surface area contributed by atoms with Crippen LogP contribution in [0.15, 0.2) is 18.3 Å². The second-order valence-corrected chi connectivity index (χ2v) is 4.97. The van der Waals surface area contributed by atoms with Gasteiger partial charge >= 0.3 is 5.97 Å². The van der Waals surface area contributed by atoms with E-state index in [1.165, 1.54) is 7.11 Å². The van der Waals surface area contributed by atoms with Crippen LogP contribution >= 0.6 is 0 Å². The monoisotopic (exact) mass is 264 g/mol. The smallest absolute Gasteiger partial charge is 0.305 e. The Bertz CT molecular complexity index is 411. The number of aromatic nitrogens is 1. The van der Waals surface area contributed by atoms with Gasteiger partial charge in [0.05, 0.1) is 19.0 Å². The summed E-state index contributed by atoms with van der Waals surface area (Å²) >= 11 is 0. The minimum Gasteiger partial charge on any atom is -0.474 e. The number of anilines is 1. The molecule has 19 heavy (non-hydrogen) atoms. The van der Waals surface area contributed by atoms with E-state index in [9.17, 15) is 4.79 Å². The number of nitrogens with two attached hydrogens (primary N) is 1. The van der Waals surface area contributed by atoms with E-state index in [-0.39, 0.29) is 12.1 Å². The molecular formula is C14H20N2O3. The summed E-state index contributed by atoms with van der Waals surface area (Å²) in [4.78, 5) is 15.3. The summed E-state index contributed by atoms with van der Waals surface area (Å²) in [5.74, 6) is 0.918. The predicted molar refractivity (Wildman–Crippen MR) is 71.7 cm³/mol. The van der Waals surface area contributed by atoms with Crippen LogP contribution in [0.2, 0.25) is 0 Å². The highest BCUT2D eigenvalue weighted by Crippen LogP contribution is 2.29. The lowest BCUT2D eigenvalue weighted by Crippen LogP contribution is -2.25. The number of pyridine rings is 1. The molecule has 0 spiro atoms. The molecule has 0 radical (unpaired) electrons. The standard InChI is InChI=1S/C14H20N2O3/c1-18-14(17)8-10-2-5-12(6-3-10)19-13-7-4-11(15)9-16-13/h4,7,9-10,12H,2-3,5-6,8,15H2,1H3/t10-,12-. The molecule has 104 valence electrons. The van der Waals surface area contributed by atoms with Gasteiger partial charge in [0, 0.05) is 12.5 Å². The van der Waals surface area contributed by atoms with Crippen molar-refractivity contribution in [1.82, 2.24) is 4.98 Å². The second kappa shape index (κ2) is 6.41. The minimum atomic E-state index is -0.121. The molecule has 1 fully saturated rings. The van der Waals surface area contributed by atoms with Crippen molar-refractivity contribution in [2.45, 2.75) is 38.2 Å². The lowest BCUT2D eigenvalue weighted by molar-refractivity contribution is -0.142. The number of nitrogen functional groups attached to an aromatic ring is 1. The van der Waals surface area contributed by atoms with E-state index < -0.39 is 0 Å². The van der Waals surface area contributed by atoms with Crippen LogP contribution in [-0.2, 0) is 9.53 Å². The molecule has 0 saturated heterocycles. The molecule has 2 N–H and O–H groups in total. The first kappa shape index (κ1) is 13.6. The van der Waals surface area contributed by atoms with Gasteiger partial charge in [0.1, 0.15) is 6.10 Å². The number of ether oxygens (including phenoxy) is 2. The molecule has 1 aromatic heterocycles. The number of hydrogen-bond acceptors (Lipinski definition) is 5. The molecule has 2 rings (SSSR count). The summed E-state index contributed by atoms with van der Waals surface area (Å²) in [6, 6.07) is 3.57. The molecule has 1 aliphatic carbocycles. The highest BCUT2D eigenvalue weighted by Gasteiger charge is 2.24. The molecule has 0 unspecified atom stereocenters. The fraction of sp³-hybridized carbons (Fsp3) is 0.571. The van der Waals surface area contributed by atoms with Gasteiger partial charge in [-0.15, -0.1) is 0 Å². The number of methoxy groups -OCH3 is 1. The van der Waals surface area contributed by atoms with Crippen LogP contribution in [0.4, 0.5) is 5.69 Å². The lowest BCUT2D eigenvalue weighted by atomic mass is 9.85. The SMILES string of the molecule is COC(=O)C[C@H]1CC[C@H](Oc2ccc(N)cn2)CC1. The molecule has 0 aliphatic heterocycles. The Balaban J connectivity index is 1.77. The summed E-state index contributed by atoms with van der Waals surface area (Å²) in [7, 11) is 1.43. The summed E-state index contributed by atoms with van der Waals surface area (Å²) in [6.07, 6.45) is 6.19. The number of nitrogens with zero attached hydrogens (tertiary/aromatic N) is 1. The van der Waals surface area contributed by atoms with E-state index in [2.05, 4.69) is 4.98 Å². The molecule has 1 saturated carbocycles. The summed E-state index contributed by atoms with van der Waals surface area (Å²) in [5, 5.41) is 0. The van der Waals surface area contributed by atoms with Gasteiger partial charge in [-0.1, -0.05) is 0 Å². The van der Waals surface area contributed by atoms with E-state index in [4.69, 9.17) is 15.2 Å². The Morgan fingerprint density at radius 2 is 2.11 bits per heavy atom. The van der Waals surface area contributed by atoms with E-state index in [1.54, 1.807) is 18.3 Å². The molecule has 0 aromatic carbocycles. The van der Waals surface area contributed by atoms with Crippen molar-refractivity contribution in [3.05, 3.63) is 18.3 Å². The first-order valence-electron chi connectivity index (χ1n) is 6.62. The fourth-order valence-corrected chi connectivity index (χ4v) is 2.41. The van der Waals surface area contributed by atoms with Crippen LogP contribution in [0.3, 0.4) is 0 Å². The third-order valence-electron chi connectivity index (χ3n) is 3.52. The molecule has 0 atom stereocenters. The molecule has 0 amide bonds. The minimum absolute atomic E-state index is 0.121. The zero-order valence-corrected chi connectivity index (χ0v) is 11.2. The van der Waals surface area contributed by atoms with Crippen molar-refractivity contribution in [2.24, 2.45) is 5.92 Å². The van der Waals surface area contributed by atoms with Gasteiger partial charge in [-0.2, -0.15) is 0 Å². The average molecular weight is 264 g/mol. The third kappa shape index (κ3) is 4.12. The molecule has 1 aromatic rings. The number of rotatable bonds is 4. The van der Waals surface area contributed by atoms with Gasteiger partial charge < -0.3 is 15.2 Å². The molecule has 5 nitrogen and oxygen atoms in total. The van der Waals surface area contributed by atoms with Crippen LogP contribution < -0.4 is 10.5 Å². The maximum atomic E-state index is 11.2. The first-order valence-corrected chi connectivity index (χ1v) is 6.62. The average Bonchev–Trinajstić information content (AvgIpc) is 2.43. The van der Waals surface area contributed by atoms with Crippen LogP contribution in [0.1, 0.15) is 32.1 Å². The highest BCUT2D eigenvalue weighted by atomic mass is 16.5. The van der Waals surface area contributed by atoms with Crippen molar-refractivity contribution in [3.8, 4) is 5.88 Å². The number of esters is 1. The van der Waals surface area contributed by atoms with Crippen LogP contribution in [-0.4, -0.2) is 24.2 Å². The van der Waals surface area contributed by atoms with Gasteiger partial charge in [-0.05, 0) is 37.7 Å². The molecule has 1 heterocycles. The van der Waals surface area contributed by atoms with Crippen molar-refractivity contribution < 1.29 is 14.3 Å². The van der Waals surface area contributed by atoms with Gasteiger partial charge in [-0.25, -0.2) is 4.98 Å². The van der Waals surface area contributed by atoms with Gasteiger partial charge in [0.25, 0.3) is 0 Å². The molecule has 1 aliphatic rings. The van der Waals surface area contributed by atoms with Crippen molar-refractivity contribution in [2.75, 3.05) is 12.8 Å². The molecule has 5 heteroatoms. The molecular weight excluding hydrogens is 244 g/mol. The van der Waals surface area contributed by atoms with E-state index in [0.717, 1.165) is 25.7 Å². The summed E-state index contributed by atoms with van der Waals surface area (Å²) < 4.78 is 10.5. The van der Waals surface area contributed by atoms with Gasteiger partial charge in [0.2, 0.25) is 5.88 Å². The van der Waals surface area contributed by atoms with Crippen LogP contribution in [0.5, 0.6) is 5.88 Å². The topological polar surface area (TPSA) is 74.4 Å². The van der Waals surface area contributed by atoms with E-state index in [0.29, 0.717) is 23.9 Å². The lowest BCUT2D eigenvalue weighted by Gasteiger charge is -2.28. The fourth-order valence-electron chi connectivity index (χ4n) is 2.41. The van der Waals surface area contributed by atoms with E-state index in [1.807, 2.05) is 0 Å². The van der Waals surface area contributed by atoms with Crippen LogP contribution in [0.25, 0.3) is 0 Å². The summed E-state index contributed by atoms with van der Waals surface area (Å²) in [5.41, 5.74) is 6.21. The largest absolute Gasteiger partial charge is 0.474 e. The quantitative estimate of drug-likeness (QED) is 0.843. The Labute approximate surface area is 113 Å². The normalized spacial score (nSPS) is 22.8.